The number of anilines is 2. The summed E-state index contributed by atoms with van der Waals surface area (Å²) in [5.41, 5.74) is 4.75. The molecule has 2 aromatic carbocycles. The van der Waals surface area contributed by atoms with Crippen LogP contribution in [0.25, 0.3) is 11.1 Å². The molecule has 0 aliphatic carbocycles. The highest BCUT2D eigenvalue weighted by atomic mass is 19.4. The number of hydrogen-bond donors (Lipinski definition) is 2. The van der Waals surface area contributed by atoms with E-state index < -0.39 is 44.2 Å². The first kappa shape index (κ1) is 17.0. The molecule has 126 valence electrons. The van der Waals surface area contributed by atoms with Gasteiger partial charge >= 0.3 is 11.9 Å². The molecule has 24 heavy (non-hydrogen) atoms. The Kier molecular flexibility index (Phi) is 4.02. The number of nitrogens with two attached hydrogens (primary N) is 2. The molecule has 0 aliphatic heterocycles. The van der Waals surface area contributed by atoms with Crippen LogP contribution in [-0.2, 0) is 6.18 Å². The molecule has 0 saturated heterocycles. The Morgan fingerprint density at radius 3 is 1.92 bits per heavy atom. The fourth-order valence-corrected chi connectivity index (χ4v) is 2.19. The number of alkyl halides is 3. The van der Waals surface area contributed by atoms with Crippen LogP contribution in [0.15, 0.2) is 30.3 Å². The van der Waals surface area contributed by atoms with E-state index in [2.05, 4.69) is 0 Å². The SMILES string of the molecule is Nc1ccc(-c2cc([N+](=O)[O-])c(N)c([N+](=O)[O-])c2C(F)(F)F)cc1. The van der Waals surface area contributed by atoms with Gasteiger partial charge in [-0.1, -0.05) is 12.1 Å². The lowest BCUT2D eigenvalue weighted by Gasteiger charge is -2.15. The maximum Gasteiger partial charge on any atom is 0.423 e. The molecule has 8 nitrogen and oxygen atoms in total. The maximum absolute atomic E-state index is 13.4. The Labute approximate surface area is 131 Å². The van der Waals surface area contributed by atoms with Crippen LogP contribution in [0, 0.1) is 20.2 Å². The average Bonchev–Trinajstić information content (AvgIpc) is 2.46. The van der Waals surface area contributed by atoms with Crippen molar-refractivity contribution in [2.75, 3.05) is 11.5 Å². The van der Waals surface area contributed by atoms with E-state index in [0.29, 0.717) is 6.07 Å². The van der Waals surface area contributed by atoms with Gasteiger partial charge in [-0.3, -0.25) is 20.2 Å². The molecule has 0 saturated carbocycles. The molecule has 0 bridgehead atoms. The molecule has 0 aliphatic rings. The van der Waals surface area contributed by atoms with Crippen molar-refractivity contribution in [2.24, 2.45) is 0 Å². The fourth-order valence-electron chi connectivity index (χ4n) is 2.19. The minimum absolute atomic E-state index is 0.122. The number of rotatable bonds is 3. The van der Waals surface area contributed by atoms with Crippen LogP contribution in [0.3, 0.4) is 0 Å². The molecule has 0 fully saturated rings. The van der Waals surface area contributed by atoms with Gasteiger partial charge in [0.25, 0.3) is 5.69 Å². The molecule has 0 atom stereocenters. The van der Waals surface area contributed by atoms with Crippen LogP contribution in [0.2, 0.25) is 0 Å². The van der Waals surface area contributed by atoms with Crippen LogP contribution in [-0.4, -0.2) is 9.85 Å². The van der Waals surface area contributed by atoms with E-state index in [1.54, 1.807) is 0 Å². The van der Waals surface area contributed by atoms with Crippen LogP contribution in [0.1, 0.15) is 5.56 Å². The van der Waals surface area contributed by atoms with Gasteiger partial charge in [0.05, 0.1) is 9.85 Å². The van der Waals surface area contributed by atoms with Gasteiger partial charge in [-0.15, -0.1) is 0 Å². The number of nitrogens with zero attached hydrogens (tertiary/aromatic N) is 2. The van der Waals surface area contributed by atoms with E-state index in [4.69, 9.17) is 11.5 Å². The molecule has 2 rings (SSSR count). The highest BCUT2D eigenvalue weighted by Crippen LogP contribution is 2.48. The van der Waals surface area contributed by atoms with Crippen molar-refractivity contribution in [1.29, 1.82) is 0 Å². The molecule has 11 heteroatoms. The molecule has 0 unspecified atom stereocenters. The van der Waals surface area contributed by atoms with Crippen molar-refractivity contribution in [1.82, 2.24) is 0 Å². The van der Waals surface area contributed by atoms with Crippen molar-refractivity contribution >= 4 is 22.7 Å². The second-order valence-electron chi connectivity index (χ2n) is 4.71. The smallest absolute Gasteiger partial charge is 0.399 e. The summed E-state index contributed by atoms with van der Waals surface area (Å²) in [5.74, 6) is 0. The quantitative estimate of drug-likeness (QED) is 0.498. The number of nitro benzene ring substituents is 2. The first-order valence-corrected chi connectivity index (χ1v) is 6.22. The Hall–Kier alpha value is -3.37. The molecule has 4 N–H and O–H groups in total. The average molecular weight is 342 g/mol. The van der Waals surface area contributed by atoms with E-state index >= 15 is 0 Å². The predicted octanol–water partition coefficient (Wildman–Crippen LogP) is 3.35. The van der Waals surface area contributed by atoms with Gasteiger partial charge in [-0.2, -0.15) is 13.2 Å². The normalized spacial score (nSPS) is 11.3. The Bertz CT molecular complexity index is 835. The highest BCUT2D eigenvalue weighted by molar-refractivity contribution is 5.85. The number of benzene rings is 2. The van der Waals surface area contributed by atoms with E-state index in [0.717, 1.165) is 0 Å². The Morgan fingerprint density at radius 1 is 0.958 bits per heavy atom. The van der Waals surface area contributed by atoms with Crippen molar-refractivity contribution < 1.29 is 23.0 Å². The Balaban J connectivity index is 2.98. The third-order valence-corrected chi connectivity index (χ3v) is 3.20. The summed E-state index contributed by atoms with van der Waals surface area (Å²) in [6.07, 6.45) is -5.15. The zero-order valence-corrected chi connectivity index (χ0v) is 11.7. The maximum atomic E-state index is 13.4. The van der Waals surface area contributed by atoms with Crippen LogP contribution < -0.4 is 11.5 Å². The lowest BCUT2D eigenvalue weighted by molar-refractivity contribution is -0.394. The second-order valence-corrected chi connectivity index (χ2v) is 4.71. The van der Waals surface area contributed by atoms with E-state index in [1.807, 2.05) is 0 Å². The van der Waals surface area contributed by atoms with Crippen molar-refractivity contribution in [3.63, 3.8) is 0 Å². The second kappa shape index (κ2) is 5.68. The zero-order chi connectivity index (χ0) is 18.2. The van der Waals surface area contributed by atoms with E-state index in [9.17, 15) is 33.4 Å². The number of hydrogen-bond acceptors (Lipinski definition) is 6. The summed E-state index contributed by atoms with van der Waals surface area (Å²) in [6, 6.07) is 5.44. The molecule has 0 heterocycles. The molecule has 0 aromatic heterocycles. The van der Waals surface area contributed by atoms with Crippen LogP contribution >= 0.6 is 0 Å². The summed E-state index contributed by atoms with van der Waals surface area (Å²) in [6.45, 7) is 0. The van der Waals surface area contributed by atoms with Crippen molar-refractivity contribution in [3.05, 3.63) is 56.1 Å². The van der Waals surface area contributed by atoms with Gasteiger partial charge in [0.15, 0.2) is 5.69 Å². The topological polar surface area (TPSA) is 138 Å². The van der Waals surface area contributed by atoms with Crippen LogP contribution in [0.5, 0.6) is 0 Å². The summed E-state index contributed by atoms with van der Waals surface area (Å²) >= 11 is 0. The fraction of sp³-hybridized carbons (Fsp3) is 0.0769. The predicted molar refractivity (Wildman–Crippen MR) is 79.0 cm³/mol. The first-order chi connectivity index (χ1) is 11.0. The minimum Gasteiger partial charge on any atom is -0.399 e. The van der Waals surface area contributed by atoms with Crippen LogP contribution in [0.4, 0.5) is 35.9 Å². The van der Waals surface area contributed by atoms with E-state index in [-0.39, 0.29) is 11.3 Å². The molecular formula is C13H9F3N4O4. The molecule has 0 amide bonds. The summed E-state index contributed by atoms with van der Waals surface area (Å²) in [5, 5.41) is 22.1. The van der Waals surface area contributed by atoms with Gasteiger partial charge < -0.3 is 11.5 Å². The molecule has 0 radical (unpaired) electrons. The molecule has 0 spiro atoms. The van der Waals surface area contributed by atoms with Gasteiger partial charge in [-0.25, -0.2) is 0 Å². The largest absolute Gasteiger partial charge is 0.423 e. The van der Waals surface area contributed by atoms with Gasteiger partial charge in [0.2, 0.25) is 0 Å². The highest BCUT2D eigenvalue weighted by Gasteiger charge is 2.45. The van der Waals surface area contributed by atoms with Gasteiger partial charge in [-0.05, 0) is 17.7 Å². The lowest BCUT2D eigenvalue weighted by atomic mass is 9.95. The third-order valence-electron chi connectivity index (χ3n) is 3.20. The van der Waals surface area contributed by atoms with E-state index in [1.165, 1.54) is 24.3 Å². The minimum atomic E-state index is -5.15. The van der Waals surface area contributed by atoms with Gasteiger partial charge in [0.1, 0.15) is 5.56 Å². The zero-order valence-electron chi connectivity index (χ0n) is 11.7. The standard InChI is InChI=1S/C13H9F3N4O4/c14-13(15,16)10-8(6-1-3-7(17)4-2-6)5-9(19(21)22)11(18)12(10)20(23)24/h1-5H,17-18H2. The molecular weight excluding hydrogens is 333 g/mol. The summed E-state index contributed by atoms with van der Waals surface area (Å²) in [4.78, 5) is 19.6. The Morgan fingerprint density at radius 2 is 1.50 bits per heavy atom. The number of nitro groups is 2. The first-order valence-electron chi connectivity index (χ1n) is 6.22. The summed E-state index contributed by atoms with van der Waals surface area (Å²) < 4.78 is 40.2. The monoisotopic (exact) mass is 342 g/mol. The molecule has 2 aromatic rings. The third kappa shape index (κ3) is 2.91. The number of halogens is 3. The van der Waals surface area contributed by atoms with Crippen molar-refractivity contribution in [2.45, 2.75) is 6.18 Å². The van der Waals surface area contributed by atoms with Gasteiger partial charge in [0, 0.05) is 17.3 Å². The van der Waals surface area contributed by atoms with Crippen molar-refractivity contribution in [3.8, 4) is 11.1 Å². The number of nitrogen functional groups attached to an aromatic ring is 2. The summed E-state index contributed by atoms with van der Waals surface area (Å²) in [7, 11) is 0. The lowest BCUT2D eigenvalue weighted by Crippen LogP contribution is -2.14.